The van der Waals surface area contributed by atoms with E-state index in [0.717, 1.165) is 0 Å². The van der Waals surface area contributed by atoms with Crippen LogP contribution in [0.4, 0.5) is 0 Å². The first kappa shape index (κ1) is 11.7. The number of hydrogen-bond acceptors (Lipinski definition) is 2. The minimum absolute atomic E-state index is 0.306. The molecule has 0 amide bonds. The van der Waals surface area contributed by atoms with E-state index < -0.39 is 17.2 Å². The van der Waals surface area contributed by atoms with Gasteiger partial charge in [0.05, 0.1) is 0 Å². The molecule has 5 heteroatoms. The first-order valence-corrected chi connectivity index (χ1v) is 5.46. The Bertz CT molecular complexity index is 470. The van der Waals surface area contributed by atoms with E-state index in [0.29, 0.717) is 15.6 Å². The number of benzene rings is 1. The van der Waals surface area contributed by atoms with Crippen molar-refractivity contribution in [1.82, 2.24) is 0 Å². The summed E-state index contributed by atoms with van der Waals surface area (Å²) in [7, 11) is 0. The highest BCUT2D eigenvalue weighted by Gasteiger charge is 2.71. The fourth-order valence-corrected chi connectivity index (χ4v) is 2.47. The van der Waals surface area contributed by atoms with Gasteiger partial charge in [0.2, 0.25) is 5.60 Å². The zero-order valence-electron chi connectivity index (χ0n) is 8.75. The number of ether oxygens (including phenoxy) is 1. The molecule has 0 aliphatic carbocycles. The Morgan fingerprint density at radius 1 is 1.38 bits per heavy atom. The molecular formula is C11H10Cl2O3. The van der Waals surface area contributed by atoms with E-state index in [4.69, 9.17) is 27.9 Å². The lowest BCUT2D eigenvalue weighted by Crippen LogP contribution is -2.28. The minimum Gasteiger partial charge on any atom is -0.479 e. The van der Waals surface area contributed by atoms with Gasteiger partial charge in [-0.1, -0.05) is 29.3 Å². The summed E-state index contributed by atoms with van der Waals surface area (Å²) in [6, 6.07) is 4.71. The quantitative estimate of drug-likeness (QED) is 0.832. The topological polar surface area (TPSA) is 49.8 Å². The summed E-state index contributed by atoms with van der Waals surface area (Å²) in [6.45, 7) is 3.43. The van der Waals surface area contributed by atoms with Crippen molar-refractivity contribution in [3.63, 3.8) is 0 Å². The first-order valence-electron chi connectivity index (χ1n) is 4.70. The van der Waals surface area contributed by atoms with Gasteiger partial charge >= 0.3 is 5.97 Å². The average molecular weight is 261 g/mol. The van der Waals surface area contributed by atoms with Crippen molar-refractivity contribution in [3.8, 4) is 0 Å². The molecule has 1 atom stereocenters. The molecule has 3 nitrogen and oxygen atoms in total. The number of aliphatic carboxylic acids is 1. The SMILES string of the molecule is CC1(C)OC1(C(=O)O)c1ccc(Cl)cc1Cl. The van der Waals surface area contributed by atoms with Crippen LogP contribution in [0, 0.1) is 0 Å². The molecule has 0 bridgehead atoms. The van der Waals surface area contributed by atoms with Crippen LogP contribution >= 0.6 is 23.2 Å². The van der Waals surface area contributed by atoms with E-state index in [-0.39, 0.29) is 0 Å². The molecule has 1 aromatic carbocycles. The molecule has 1 heterocycles. The second-order valence-electron chi connectivity index (χ2n) is 4.22. The molecule has 0 spiro atoms. The summed E-state index contributed by atoms with van der Waals surface area (Å²) in [5.41, 5.74) is -1.67. The third-order valence-corrected chi connectivity index (χ3v) is 3.37. The second-order valence-corrected chi connectivity index (χ2v) is 5.07. The molecular weight excluding hydrogens is 251 g/mol. The Morgan fingerprint density at radius 2 is 1.94 bits per heavy atom. The molecule has 16 heavy (non-hydrogen) atoms. The van der Waals surface area contributed by atoms with Gasteiger partial charge < -0.3 is 9.84 Å². The standard InChI is InChI=1S/C11H10Cl2O3/c1-10(2)11(16-10,9(14)15)7-4-3-6(12)5-8(7)13/h3-5H,1-2H3,(H,14,15). The van der Waals surface area contributed by atoms with Gasteiger partial charge in [-0.3, -0.25) is 0 Å². The van der Waals surface area contributed by atoms with E-state index in [9.17, 15) is 9.90 Å². The lowest BCUT2D eigenvalue weighted by Gasteiger charge is -2.12. The zero-order valence-corrected chi connectivity index (χ0v) is 10.3. The number of halogens is 2. The van der Waals surface area contributed by atoms with Crippen molar-refractivity contribution in [2.45, 2.75) is 25.0 Å². The van der Waals surface area contributed by atoms with E-state index in [1.54, 1.807) is 26.0 Å². The van der Waals surface area contributed by atoms with Crippen molar-refractivity contribution in [1.29, 1.82) is 0 Å². The highest BCUT2D eigenvalue weighted by atomic mass is 35.5. The molecule has 0 radical (unpaired) electrons. The molecule has 0 aromatic heterocycles. The number of hydrogen-bond donors (Lipinski definition) is 1. The predicted molar refractivity (Wildman–Crippen MR) is 60.9 cm³/mol. The van der Waals surface area contributed by atoms with E-state index in [1.807, 2.05) is 0 Å². The van der Waals surface area contributed by atoms with Gasteiger partial charge in [-0.05, 0) is 26.0 Å². The van der Waals surface area contributed by atoms with Gasteiger partial charge in [0.15, 0.2) is 0 Å². The van der Waals surface area contributed by atoms with Crippen LogP contribution in [0.5, 0.6) is 0 Å². The fraction of sp³-hybridized carbons (Fsp3) is 0.364. The van der Waals surface area contributed by atoms with Crippen LogP contribution in [0.3, 0.4) is 0 Å². The van der Waals surface area contributed by atoms with E-state index in [2.05, 4.69) is 0 Å². The summed E-state index contributed by atoms with van der Waals surface area (Å²) in [5, 5.41) is 10.0. The van der Waals surface area contributed by atoms with Gasteiger partial charge in [0.25, 0.3) is 0 Å². The van der Waals surface area contributed by atoms with Crippen LogP contribution in [0.1, 0.15) is 19.4 Å². The molecule has 1 N–H and O–H groups in total. The average Bonchev–Trinajstić information content (AvgIpc) is 2.70. The Morgan fingerprint density at radius 3 is 2.31 bits per heavy atom. The summed E-state index contributed by atoms with van der Waals surface area (Å²) < 4.78 is 5.33. The van der Waals surface area contributed by atoms with Crippen LogP contribution in [-0.2, 0) is 15.1 Å². The lowest BCUT2D eigenvalue weighted by atomic mass is 9.88. The zero-order chi connectivity index (χ0) is 12.1. The van der Waals surface area contributed by atoms with Crippen LogP contribution in [0.15, 0.2) is 18.2 Å². The summed E-state index contributed by atoms with van der Waals surface area (Å²) in [5.74, 6) is -1.04. The number of carboxylic acid groups (broad SMARTS) is 1. The van der Waals surface area contributed by atoms with Gasteiger partial charge in [0.1, 0.15) is 5.60 Å². The fourth-order valence-electron chi connectivity index (χ4n) is 1.93. The largest absolute Gasteiger partial charge is 0.479 e. The first-order chi connectivity index (χ1) is 7.31. The third-order valence-electron chi connectivity index (χ3n) is 2.83. The summed E-state index contributed by atoms with van der Waals surface area (Å²) in [6.07, 6.45) is 0. The monoisotopic (exact) mass is 260 g/mol. The Labute approximate surface area is 103 Å². The van der Waals surface area contributed by atoms with E-state index >= 15 is 0 Å². The maximum absolute atomic E-state index is 11.3. The predicted octanol–water partition coefficient (Wildman–Crippen LogP) is 3.08. The molecule has 1 unspecified atom stereocenters. The van der Waals surface area contributed by atoms with Crippen LogP contribution < -0.4 is 0 Å². The maximum Gasteiger partial charge on any atom is 0.343 e. The smallest absolute Gasteiger partial charge is 0.343 e. The van der Waals surface area contributed by atoms with Crippen molar-refractivity contribution in [2.24, 2.45) is 0 Å². The highest BCUT2D eigenvalue weighted by molar-refractivity contribution is 6.35. The molecule has 86 valence electrons. The van der Waals surface area contributed by atoms with Crippen LogP contribution in [0.2, 0.25) is 10.0 Å². The highest BCUT2D eigenvalue weighted by Crippen LogP contribution is 2.57. The Balaban J connectivity index is 2.56. The number of epoxide rings is 1. The maximum atomic E-state index is 11.3. The number of rotatable bonds is 2. The van der Waals surface area contributed by atoms with Crippen molar-refractivity contribution in [2.75, 3.05) is 0 Å². The molecule has 1 aliphatic heterocycles. The van der Waals surface area contributed by atoms with E-state index in [1.165, 1.54) is 6.07 Å². The summed E-state index contributed by atoms with van der Waals surface area (Å²) >= 11 is 11.8. The molecule has 1 saturated heterocycles. The van der Waals surface area contributed by atoms with Gasteiger partial charge in [-0.2, -0.15) is 0 Å². The second kappa shape index (κ2) is 3.36. The van der Waals surface area contributed by atoms with Crippen molar-refractivity contribution < 1.29 is 14.6 Å². The van der Waals surface area contributed by atoms with Crippen LogP contribution in [0.25, 0.3) is 0 Å². The summed E-state index contributed by atoms with van der Waals surface area (Å²) in [4.78, 5) is 11.3. The van der Waals surface area contributed by atoms with Crippen molar-refractivity contribution in [3.05, 3.63) is 33.8 Å². The Hall–Kier alpha value is -0.770. The van der Waals surface area contributed by atoms with Crippen LogP contribution in [-0.4, -0.2) is 16.7 Å². The molecule has 1 fully saturated rings. The third kappa shape index (κ3) is 1.43. The Kier molecular flexibility index (Phi) is 2.46. The van der Waals surface area contributed by atoms with Gasteiger partial charge in [0, 0.05) is 15.6 Å². The minimum atomic E-state index is -1.35. The number of carbonyl (C=O) groups is 1. The molecule has 0 saturated carbocycles. The number of carboxylic acids is 1. The molecule has 2 rings (SSSR count). The normalized spacial score (nSPS) is 26.5. The van der Waals surface area contributed by atoms with Gasteiger partial charge in [-0.25, -0.2) is 4.79 Å². The lowest BCUT2D eigenvalue weighted by molar-refractivity contribution is -0.143. The molecule has 1 aliphatic rings. The van der Waals surface area contributed by atoms with Gasteiger partial charge in [-0.15, -0.1) is 0 Å². The molecule has 1 aromatic rings. The van der Waals surface area contributed by atoms with Crippen molar-refractivity contribution >= 4 is 29.2 Å².